The van der Waals surface area contributed by atoms with Crippen LogP contribution in [0.4, 0.5) is 24.1 Å². The Morgan fingerprint density at radius 2 is 1.49 bits per heavy atom. The summed E-state index contributed by atoms with van der Waals surface area (Å²) in [5.41, 5.74) is -4.00. The van der Waals surface area contributed by atoms with Crippen molar-refractivity contribution in [2.45, 2.75) is 78.3 Å². The Morgan fingerprint density at radius 1 is 1.00 bits per heavy atom. The minimum absolute atomic E-state index is 0.102. The van der Waals surface area contributed by atoms with Crippen LogP contribution in [0.25, 0.3) is 10.9 Å². The second-order valence-electron chi connectivity index (χ2n) is 11.3. The molecule has 1 aliphatic rings. The lowest BCUT2D eigenvalue weighted by atomic mass is 10.1. The van der Waals surface area contributed by atoms with E-state index >= 15 is 8.78 Å². The molecule has 0 spiro atoms. The van der Waals surface area contributed by atoms with Crippen LogP contribution < -0.4 is 21.0 Å². The fraction of sp³-hybridized carbons (Fsp3) is 0.538. The van der Waals surface area contributed by atoms with E-state index in [0.29, 0.717) is 0 Å². The van der Waals surface area contributed by atoms with Gasteiger partial charge in [-0.1, -0.05) is 0 Å². The third-order valence-corrected chi connectivity index (χ3v) is 5.84. The molecule has 13 heteroatoms. The molecule has 11 nitrogen and oxygen atoms in total. The highest BCUT2D eigenvalue weighted by Gasteiger charge is 2.39. The topological polar surface area (TPSA) is 139 Å². The van der Waals surface area contributed by atoms with Crippen LogP contribution in [0.2, 0.25) is 0 Å². The number of carboxylic acid groups (broad SMARTS) is 1. The number of alkyl carbamates (subject to hydrolysis) is 2. The van der Waals surface area contributed by atoms with Gasteiger partial charge in [-0.3, -0.25) is 4.79 Å². The monoisotopic (exact) mass is 552 g/mol. The molecule has 2 atom stereocenters. The van der Waals surface area contributed by atoms with Crippen LogP contribution in [0.15, 0.2) is 17.1 Å². The van der Waals surface area contributed by atoms with Gasteiger partial charge in [0.05, 0.1) is 23.0 Å². The van der Waals surface area contributed by atoms with E-state index in [0.717, 1.165) is 12.3 Å². The Kier molecular flexibility index (Phi) is 8.13. The van der Waals surface area contributed by atoms with Crippen molar-refractivity contribution < 1.29 is 37.7 Å². The molecule has 1 fully saturated rings. The van der Waals surface area contributed by atoms with Gasteiger partial charge in [-0.05, 0) is 54.5 Å². The fourth-order valence-corrected chi connectivity index (χ4v) is 4.37. The average molecular weight is 553 g/mol. The summed E-state index contributed by atoms with van der Waals surface area (Å²) in [6.45, 7) is 11.5. The first-order chi connectivity index (χ1) is 17.9. The zero-order valence-electron chi connectivity index (χ0n) is 23.0. The molecule has 2 aromatic rings. The number of hydrogen-bond donors (Lipinski definition) is 3. The summed E-state index contributed by atoms with van der Waals surface area (Å²) in [7, 11) is 0. The highest BCUT2D eigenvalue weighted by atomic mass is 19.1. The average Bonchev–Trinajstić information content (AvgIpc) is 3.12. The van der Waals surface area contributed by atoms with E-state index in [1.54, 1.807) is 48.5 Å². The van der Waals surface area contributed by atoms with Gasteiger partial charge >= 0.3 is 18.2 Å². The highest BCUT2D eigenvalue weighted by molar-refractivity contribution is 5.94. The van der Waals surface area contributed by atoms with E-state index in [1.165, 1.54) is 9.47 Å². The van der Waals surface area contributed by atoms with Gasteiger partial charge in [0.1, 0.15) is 28.3 Å². The number of benzene rings is 1. The third kappa shape index (κ3) is 6.76. The number of amides is 2. The van der Waals surface area contributed by atoms with Gasteiger partial charge in [-0.15, -0.1) is 0 Å². The maximum Gasteiger partial charge on any atom is 0.408 e. The number of hydrogen-bond acceptors (Lipinski definition) is 7. The summed E-state index contributed by atoms with van der Waals surface area (Å²) in [6.07, 6.45) is -0.557. The second kappa shape index (κ2) is 10.7. The zero-order valence-corrected chi connectivity index (χ0v) is 23.0. The molecule has 0 bridgehead atoms. The summed E-state index contributed by atoms with van der Waals surface area (Å²) >= 11 is 0. The van der Waals surface area contributed by atoms with E-state index in [9.17, 15) is 24.3 Å². The lowest BCUT2D eigenvalue weighted by Crippen LogP contribution is -2.52. The van der Waals surface area contributed by atoms with Crippen LogP contribution in [0, 0.1) is 11.6 Å². The summed E-state index contributed by atoms with van der Waals surface area (Å²) in [5.74, 6) is -3.69. The molecule has 1 saturated heterocycles. The molecule has 3 N–H and O–H groups in total. The molecular formula is C26H34F2N4O7. The molecule has 0 unspecified atom stereocenters. The van der Waals surface area contributed by atoms with Crippen LogP contribution >= 0.6 is 0 Å². The number of carboxylic acids is 1. The summed E-state index contributed by atoms with van der Waals surface area (Å²) in [5, 5.41) is 14.2. The largest absolute Gasteiger partial charge is 0.477 e. The first-order valence-electron chi connectivity index (χ1n) is 12.4. The van der Waals surface area contributed by atoms with Crippen molar-refractivity contribution >= 4 is 34.7 Å². The van der Waals surface area contributed by atoms with E-state index in [-0.39, 0.29) is 25.2 Å². The van der Waals surface area contributed by atoms with Gasteiger partial charge in [-0.2, -0.15) is 0 Å². The van der Waals surface area contributed by atoms with Crippen LogP contribution in [0.1, 0.15) is 58.8 Å². The predicted molar refractivity (Wildman–Crippen MR) is 139 cm³/mol. The highest BCUT2D eigenvalue weighted by Crippen LogP contribution is 2.32. The van der Waals surface area contributed by atoms with Crippen LogP contribution in [0.5, 0.6) is 0 Å². The smallest absolute Gasteiger partial charge is 0.408 e. The molecule has 0 radical (unpaired) electrons. The number of anilines is 1. The number of carbonyl (C=O) groups is 3. The van der Waals surface area contributed by atoms with Gasteiger partial charge < -0.3 is 34.7 Å². The van der Waals surface area contributed by atoms with E-state index in [1.807, 2.05) is 0 Å². The molecular weight excluding hydrogens is 518 g/mol. The minimum Gasteiger partial charge on any atom is -0.477 e. The zero-order chi connectivity index (χ0) is 29.4. The van der Waals surface area contributed by atoms with Crippen molar-refractivity contribution in [2.75, 3.05) is 18.0 Å². The van der Waals surface area contributed by atoms with Crippen LogP contribution in [0.3, 0.4) is 0 Å². The van der Waals surface area contributed by atoms with E-state index in [4.69, 9.17) is 9.47 Å². The molecule has 2 amide bonds. The Bertz CT molecular complexity index is 1320. The predicted octanol–water partition coefficient (Wildman–Crippen LogP) is 3.60. The van der Waals surface area contributed by atoms with E-state index in [2.05, 4.69) is 10.6 Å². The number of rotatable bonds is 5. The molecule has 1 aromatic carbocycles. The Morgan fingerprint density at radius 3 is 1.90 bits per heavy atom. The number of nitrogens with one attached hydrogen (secondary N) is 2. The number of carbonyl (C=O) groups excluding carboxylic acids is 2. The quantitative estimate of drug-likeness (QED) is 0.511. The van der Waals surface area contributed by atoms with Gasteiger partial charge in [0.25, 0.3) is 0 Å². The van der Waals surface area contributed by atoms with Gasteiger partial charge in [0, 0.05) is 25.8 Å². The van der Waals surface area contributed by atoms with Gasteiger partial charge in [-0.25, -0.2) is 23.2 Å². The number of fused-ring (bicyclic) bond motifs is 1. The second-order valence-corrected chi connectivity index (χ2v) is 11.3. The van der Waals surface area contributed by atoms with Crippen molar-refractivity contribution in [3.8, 4) is 0 Å². The normalized spacial score (nSPS) is 17.7. The summed E-state index contributed by atoms with van der Waals surface area (Å²) in [4.78, 5) is 50.5. The lowest BCUT2D eigenvalue weighted by molar-refractivity contribution is 0.0447. The Balaban J connectivity index is 2.05. The summed E-state index contributed by atoms with van der Waals surface area (Å²) in [6, 6.07) is -0.853. The number of halogens is 2. The third-order valence-electron chi connectivity index (χ3n) is 5.84. The SMILES string of the molecule is CCn1cc(C(=O)O)c(=O)c2cc(F)c(N3C[C@@H](NC(=O)OC(C)(C)C)[C@H](NC(=O)OC(C)(C)C)C3)c(F)c21. The summed E-state index contributed by atoms with van der Waals surface area (Å²) < 4.78 is 43.2. The maximum atomic E-state index is 16.0. The Hall–Kier alpha value is -3.90. The molecule has 0 aliphatic carbocycles. The molecule has 2 heterocycles. The number of aromatic nitrogens is 1. The number of pyridine rings is 1. The van der Waals surface area contributed by atoms with Crippen molar-refractivity contribution in [3.05, 3.63) is 39.7 Å². The standard InChI is InChI=1S/C26H34F2N4O7/c1-8-31-10-14(22(34)35)21(33)13-9-15(27)20(18(28)19(13)31)32-11-16(29-23(36)38-25(2,3)4)17(12-32)30-24(37)39-26(5,6)7/h9-10,16-17H,8,11-12H2,1-7H3,(H,29,36)(H,30,37)(H,34,35)/t16-,17-/m1/s1. The van der Waals surface area contributed by atoms with Crippen molar-refractivity contribution in [2.24, 2.45) is 0 Å². The van der Waals surface area contributed by atoms with Gasteiger partial charge in [0.15, 0.2) is 5.82 Å². The maximum absolute atomic E-state index is 16.0. The lowest BCUT2D eigenvalue weighted by Gasteiger charge is -2.26. The van der Waals surface area contributed by atoms with Gasteiger partial charge in [0.2, 0.25) is 5.43 Å². The van der Waals surface area contributed by atoms with Crippen molar-refractivity contribution in [1.82, 2.24) is 15.2 Å². The molecule has 1 aliphatic heterocycles. The van der Waals surface area contributed by atoms with Crippen molar-refractivity contribution in [3.63, 3.8) is 0 Å². The van der Waals surface area contributed by atoms with E-state index < -0.39 is 75.1 Å². The molecule has 0 saturated carbocycles. The first kappa shape index (κ1) is 29.7. The minimum atomic E-state index is -1.51. The first-order valence-corrected chi connectivity index (χ1v) is 12.4. The molecule has 3 rings (SSSR count). The van der Waals surface area contributed by atoms with Crippen LogP contribution in [-0.4, -0.2) is 64.2 Å². The molecule has 39 heavy (non-hydrogen) atoms. The molecule has 214 valence electrons. The van der Waals surface area contributed by atoms with Crippen molar-refractivity contribution in [1.29, 1.82) is 0 Å². The van der Waals surface area contributed by atoms with Crippen LogP contribution in [-0.2, 0) is 16.0 Å². The number of nitrogens with zero attached hydrogens (tertiary/aromatic N) is 2. The number of aromatic carboxylic acids is 1. The number of aryl methyl sites for hydroxylation is 1. The Labute approximate surface area is 224 Å². The fourth-order valence-electron chi connectivity index (χ4n) is 4.37. The molecule has 1 aromatic heterocycles. The number of ether oxygens (including phenoxy) is 2.